The zero-order chi connectivity index (χ0) is 11.8. The van der Waals surface area contributed by atoms with E-state index in [1.807, 2.05) is 13.1 Å². The second kappa shape index (κ2) is 7.76. The summed E-state index contributed by atoms with van der Waals surface area (Å²) in [4.78, 5) is 5.79. The van der Waals surface area contributed by atoms with Gasteiger partial charge >= 0.3 is 0 Å². The molecule has 1 atom stereocenters. The van der Waals surface area contributed by atoms with Gasteiger partial charge in [0.25, 0.3) is 0 Å². The maximum Gasteiger partial charge on any atom is 0.109 e. The molecular weight excluding hydrogens is 220 g/mol. The molecule has 1 rings (SSSR count). The van der Waals surface area contributed by atoms with Gasteiger partial charge in [-0.2, -0.15) is 0 Å². The average molecular weight is 242 g/mol. The Labute approximate surface area is 102 Å². The summed E-state index contributed by atoms with van der Waals surface area (Å²) in [6.45, 7) is 8.99. The zero-order valence-corrected chi connectivity index (χ0v) is 11.3. The van der Waals surface area contributed by atoms with E-state index < -0.39 is 0 Å². The molecule has 0 bridgehead atoms. The molecular formula is C12H22N2OS. The molecule has 0 amide bonds. The Hall–Kier alpha value is -0.450. The number of nitrogens with one attached hydrogen (secondary N) is 1. The van der Waals surface area contributed by atoms with Crippen LogP contribution in [0.3, 0.4) is 0 Å². The predicted molar refractivity (Wildman–Crippen MR) is 69.0 cm³/mol. The van der Waals surface area contributed by atoms with E-state index in [4.69, 9.17) is 4.74 Å². The predicted octanol–water partition coefficient (Wildman–Crippen LogP) is 2.78. The van der Waals surface area contributed by atoms with Gasteiger partial charge < -0.3 is 10.1 Å². The summed E-state index contributed by atoms with van der Waals surface area (Å²) in [6.07, 6.45) is 4.12. The van der Waals surface area contributed by atoms with Gasteiger partial charge in [-0.25, -0.2) is 4.98 Å². The van der Waals surface area contributed by atoms with Gasteiger partial charge in [-0.05, 0) is 33.2 Å². The minimum Gasteiger partial charge on any atom is -0.382 e. The van der Waals surface area contributed by atoms with Gasteiger partial charge in [0.05, 0.1) is 6.04 Å². The van der Waals surface area contributed by atoms with Crippen LogP contribution in [0.2, 0.25) is 0 Å². The average Bonchev–Trinajstić information content (AvgIpc) is 2.77. The summed E-state index contributed by atoms with van der Waals surface area (Å²) < 4.78 is 5.29. The fourth-order valence-corrected chi connectivity index (χ4v) is 2.29. The monoisotopic (exact) mass is 242 g/mol. The van der Waals surface area contributed by atoms with Crippen LogP contribution < -0.4 is 5.32 Å². The highest BCUT2D eigenvalue weighted by Crippen LogP contribution is 2.19. The van der Waals surface area contributed by atoms with E-state index >= 15 is 0 Å². The Kier molecular flexibility index (Phi) is 6.61. The largest absolute Gasteiger partial charge is 0.382 e. The summed E-state index contributed by atoms with van der Waals surface area (Å²) in [6, 6.07) is 0.354. The molecule has 1 aromatic rings. The topological polar surface area (TPSA) is 34.1 Å². The highest BCUT2D eigenvalue weighted by Gasteiger charge is 2.08. The van der Waals surface area contributed by atoms with Crippen LogP contribution in [0.1, 0.15) is 43.1 Å². The second-order valence-corrected chi connectivity index (χ2v) is 4.89. The van der Waals surface area contributed by atoms with E-state index in [-0.39, 0.29) is 0 Å². The normalized spacial score (nSPS) is 12.9. The van der Waals surface area contributed by atoms with Gasteiger partial charge in [0, 0.05) is 24.3 Å². The number of ether oxygens (including phenoxy) is 1. The van der Waals surface area contributed by atoms with Crippen molar-refractivity contribution in [2.24, 2.45) is 0 Å². The van der Waals surface area contributed by atoms with E-state index in [2.05, 4.69) is 24.1 Å². The maximum absolute atomic E-state index is 5.29. The molecule has 0 aliphatic carbocycles. The lowest BCUT2D eigenvalue weighted by Gasteiger charge is -2.10. The lowest BCUT2D eigenvalue weighted by molar-refractivity contribution is 0.144. The second-order valence-electron chi connectivity index (χ2n) is 3.74. The van der Waals surface area contributed by atoms with Gasteiger partial charge in [0.1, 0.15) is 5.01 Å². The van der Waals surface area contributed by atoms with Crippen LogP contribution in [-0.2, 0) is 11.2 Å². The van der Waals surface area contributed by atoms with Crippen LogP contribution in [0.15, 0.2) is 6.20 Å². The number of nitrogens with zero attached hydrogens (tertiary/aromatic N) is 1. The highest BCUT2D eigenvalue weighted by molar-refractivity contribution is 7.11. The molecule has 1 aromatic heterocycles. The van der Waals surface area contributed by atoms with Gasteiger partial charge in [0.2, 0.25) is 0 Å². The number of aryl methyl sites for hydroxylation is 1. The third kappa shape index (κ3) is 4.60. The number of aromatic nitrogens is 1. The third-order valence-electron chi connectivity index (χ3n) is 2.41. The fraction of sp³-hybridized carbons (Fsp3) is 0.750. The van der Waals surface area contributed by atoms with Crippen molar-refractivity contribution in [2.75, 3.05) is 19.8 Å². The molecule has 0 aromatic carbocycles. The van der Waals surface area contributed by atoms with E-state index in [9.17, 15) is 0 Å². The number of hydrogen-bond donors (Lipinski definition) is 1. The molecule has 0 radical (unpaired) electrons. The van der Waals surface area contributed by atoms with Gasteiger partial charge in [-0.15, -0.1) is 11.3 Å². The van der Waals surface area contributed by atoms with Crippen molar-refractivity contribution in [3.63, 3.8) is 0 Å². The number of rotatable bonds is 8. The van der Waals surface area contributed by atoms with Crippen LogP contribution in [0, 0.1) is 0 Å². The first-order valence-corrected chi connectivity index (χ1v) is 6.85. The smallest absolute Gasteiger partial charge is 0.109 e. The van der Waals surface area contributed by atoms with Crippen molar-refractivity contribution >= 4 is 11.3 Å². The van der Waals surface area contributed by atoms with Crippen molar-refractivity contribution in [3.8, 4) is 0 Å². The quantitative estimate of drug-likeness (QED) is 0.712. The lowest BCUT2D eigenvalue weighted by atomic mass is 10.3. The zero-order valence-electron chi connectivity index (χ0n) is 10.5. The van der Waals surface area contributed by atoms with Crippen LogP contribution in [0.25, 0.3) is 0 Å². The molecule has 0 fully saturated rings. The first-order chi connectivity index (χ1) is 7.77. The SMILES string of the molecule is CCOCCCNC(C)c1ncc(CC)s1. The summed E-state index contributed by atoms with van der Waals surface area (Å²) in [5, 5.41) is 4.65. The molecule has 16 heavy (non-hydrogen) atoms. The van der Waals surface area contributed by atoms with E-state index in [0.717, 1.165) is 32.6 Å². The Bertz CT molecular complexity index is 288. The minimum atomic E-state index is 0.354. The minimum absolute atomic E-state index is 0.354. The van der Waals surface area contributed by atoms with E-state index in [1.165, 1.54) is 9.88 Å². The summed E-state index contributed by atoms with van der Waals surface area (Å²) >= 11 is 1.80. The molecule has 1 N–H and O–H groups in total. The van der Waals surface area contributed by atoms with Crippen molar-refractivity contribution < 1.29 is 4.74 Å². The number of thiazole rings is 1. The van der Waals surface area contributed by atoms with Gasteiger partial charge in [-0.1, -0.05) is 6.92 Å². The summed E-state index contributed by atoms with van der Waals surface area (Å²) in [5.41, 5.74) is 0. The van der Waals surface area contributed by atoms with Crippen LogP contribution in [-0.4, -0.2) is 24.7 Å². The molecule has 0 saturated carbocycles. The molecule has 0 aliphatic heterocycles. The fourth-order valence-electron chi connectivity index (χ4n) is 1.41. The third-order valence-corrected chi connectivity index (χ3v) is 3.73. The van der Waals surface area contributed by atoms with Crippen LogP contribution >= 0.6 is 11.3 Å². The van der Waals surface area contributed by atoms with Crippen molar-refractivity contribution in [1.29, 1.82) is 0 Å². The Balaban J connectivity index is 2.21. The van der Waals surface area contributed by atoms with Crippen molar-refractivity contribution in [2.45, 2.75) is 39.7 Å². The molecule has 92 valence electrons. The van der Waals surface area contributed by atoms with E-state index in [1.54, 1.807) is 11.3 Å². The summed E-state index contributed by atoms with van der Waals surface area (Å²) in [7, 11) is 0. The van der Waals surface area contributed by atoms with Crippen molar-refractivity contribution in [3.05, 3.63) is 16.1 Å². The standard InChI is InChI=1S/C12H22N2OS/c1-4-11-9-14-12(16-11)10(3)13-7-6-8-15-5-2/h9-10,13H,4-8H2,1-3H3. The first-order valence-electron chi connectivity index (χ1n) is 6.03. The Morgan fingerprint density at radius 1 is 1.50 bits per heavy atom. The molecule has 0 aliphatic rings. The Morgan fingerprint density at radius 3 is 2.94 bits per heavy atom. The molecule has 1 unspecified atom stereocenters. The first kappa shape index (κ1) is 13.6. The van der Waals surface area contributed by atoms with Gasteiger partial charge in [0.15, 0.2) is 0 Å². The molecule has 0 saturated heterocycles. The van der Waals surface area contributed by atoms with Crippen LogP contribution in [0.5, 0.6) is 0 Å². The Morgan fingerprint density at radius 2 is 2.31 bits per heavy atom. The lowest BCUT2D eigenvalue weighted by Crippen LogP contribution is -2.20. The summed E-state index contributed by atoms with van der Waals surface area (Å²) in [5.74, 6) is 0. The number of hydrogen-bond acceptors (Lipinski definition) is 4. The van der Waals surface area contributed by atoms with Crippen LogP contribution in [0.4, 0.5) is 0 Å². The molecule has 4 heteroatoms. The maximum atomic E-state index is 5.29. The van der Waals surface area contributed by atoms with Crippen molar-refractivity contribution in [1.82, 2.24) is 10.3 Å². The highest BCUT2D eigenvalue weighted by atomic mass is 32.1. The molecule has 0 spiro atoms. The molecule has 1 heterocycles. The van der Waals surface area contributed by atoms with Gasteiger partial charge in [-0.3, -0.25) is 0 Å². The van der Waals surface area contributed by atoms with E-state index in [0.29, 0.717) is 6.04 Å². The molecule has 3 nitrogen and oxygen atoms in total.